The molecule has 2 aromatic rings. The van der Waals surface area contributed by atoms with E-state index >= 15 is 0 Å². The van der Waals surface area contributed by atoms with Crippen LogP contribution in [0.5, 0.6) is 5.75 Å². The van der Waals surface area contributed by atoms with Crippen LogP contribution in [0, 0.1) is 6.92 Å². The molecule has 0 saturated heterocycles. The van der Waals surface area contributed by atoms with Gasteiger partial charge in [0.15, 0.2) is 0 Å². The summed E-state index contributed by atoms with van der Waals surface area (Å²) in [6, 6.07) is 4.44. The fraction of sp³-hybridized carbons (Fsp3) is 0.375. The average molecular weight is 320 g/mol. The zero-order chi connectivity index (χ0) is 16.1. The Balaban J connectivity index is 2.20. The molecular formula is C16H22N3O2S+. The van der Waals surface area contributed by atoms with E-state index in [1.807, 2.05) is 6.07 Å². The van der Waals surface area contributed by atoms with Gasteiger partial charge >= 0.3 is 0 Å². The smallest absolute Gasteiger partial charge is 0.145 e. The van der Waals surface area contributed by atoms with Crippen LogP contribution in [0.15, 0.2) is 28.7 Å². The van der Waals surface area contributed by atoms with E-state index in [0.29, 0.717) is 23.4 Å². The Labute approximate surface area is 134 Å². The molecule has 2 rings (SSSR count). The van der Waals surface area contributed by atoms with Crippen molar-refractivity contribution in [3.8, 4) is 5.75 Å². The Morgan fingerprint density at radius 1 is 1.45 bits per heavy atom. The van der Waals surface area contributed by atoms with Gasteiger partial charge in [-0.3, -0.25) is 9.98 Å². The molecule has 0 aliphatic heterocycles. The minimum absolute atomic E-state index is 0.0835. The second-order valence-electron chi connectivity index (χ2n) is 5.43. The molecule has 0 spiro atoms. The van der Waals surface area contributed by atoms with Crippen molar-refractivity contribution in [2.45, 2.75) is 19.6 Å². The van der Waals surface area contributed by atoms with Gasteiger partial charge in [-0.1, -0.05) is 6.07 Å². The molecule has 3 N–H and O–H groups in total. The number of aryl methyl sites for hydroxylation is 1. The summed E-state index contributed by atoms with van der Waals surface area (Å²) >= 11 is 1.72. The highest BCUT2D eigenvalue weighted by Gasteiger charge is 2.18. The van der Waals surface area contributed by atoms with Crippen LogP contribution in [-0.2, 0) is 6.61 Å². The first-order chi connectivity index (χ1) is 10.5. The Morgan fingerprint density at radius 3 is 2.82 bits per heavy atom. The molecule has 0 saturated carbocycles. The lowest BCUT2D eigenvalue weighted by Crippen LogP contribution is -3.06. The molecule has 0 bridgehead atoms. The second kappa shape index (κ2) is 7.49. The van der Waals surface area contributed by atoms with Gasteiger partial charge in [-0.2, -0.15) is 0 Å². The van der Waals surface area contributed by atoms with Crippen molar-refractivity contribution in [2.24, 2.45) is 4.99 Å². The molecule has 0 amide bonds. The maximum absolute atomic E-state index is 10.1. The van der Waals surface area contributed by atoms with E-state index in [0.717, 1.165) is 0 Å². The molecule has 118 valence electrons. The molecule has 0 radical (unpaired) electrons. The number of quaternary nitrogens is 1. The number of nitrogens with zero attached hydrogens (tertiary/aromatic N) is 2. The van der Waals surface area contributed by atoms with Crippen LogP contribution >= 0.6 is 11.3 Å². The highest BCUT2D eigenvalue weighted by Crippen LogP contribution is 2.22. The summed E-state index contributed by atoms with van der Waals surface area (Å²) < 4.78 is 0. The summed E-state index contributed by atoms with van der Waals surface area (Å²) in [5, 5.41) is 21.5. The van der Waals surface area contributed by atoms with Crippen molar-refractivity contribution in [3.05, 3.63) is 45.4 Å². The summed E-state index contributed by atoms with van der Waals surface area (Å²) in [5.74, 6) is 0.0835. The van der Waals surface area contributed by atoms with Crippen molar-refractivity contribution in [3.63, 3.8) is 0 Å². The third kappa shape index (κ3) is 3.71. The molecule has 5 nitrogen and oxygen atoms in total. The topological polar surface area (TPSA) is 70.2 Å². The summed E-state index contributed by atoms with van der Waals surface area (Å²) in [6.07, 6.45) is 3.21. The Morgan fingerprint density at radius 2 is 2.23 bits per heavy atom. The van der Waals surface area contributed by atoms with E-state index in [1.165, 1.54) is 9.78 Å². The Hall–Kier alpha value is -1.76. The number of aliphatic hydroxyl groups is 1. The highest BCUT2D eigenvalue weighted by molar-refractivity contribution is 7.10. The number of aliphatic imine (C=N–C) groups is 1. The number of thiophene rings is 1. The van der Waals surface area contributed by atoms with Crippen LogP contribution in [0.25, 0.3) is 0 Å². The standard InChI is InChI=1S/C16H21N3O2S/c1-11-16(21)13(12(10-20)7-18-11)8-17-9-14(19(2)3)15-5-4-6-22-15/h4-8,14,20-21H,9-10H2,1-3H3/p+1/t14-/m1/s1. The molecule has 0 unspecified atom stereocenters. The van der Waals surface area contributed by atoms with Crippen molar-refractivity contribution in [1.29, 1.82) is 0 Å². The van der Waals surface area contributed by atoms with Crippen LogP contribution in [-0.4, -0.2) is 42.1 Å². The molecule has 0 aliphatic carbocycles. The largest absolute Gasteiger partial charge is 0.505 e. The van der Waals surface area contributed by atoms with Gasteiger partial charge in [-0.15, -0.1) is 11.3 Å². The monoisotopic (exact) mass is 320 g/mol. The molecular weight excluding hydrogens is 298 g/mol. The number of hydrogen-bond acceptors (Lipinski definition) is 5. The van der Waals surface area contributed by atoms with E-state index in [2.05, 4.69) is 35.5 Å². The number of aromatic hydroxyl groups is 1. The number of rotatable bonds is 6. The second-order valence-corrected chi connectivity index (χ2v) is 6.41. The van der Waals surface area contributed by atoms with Gasteiger partial charge in [0.1, 0.15) is 11.8 Å². The zero-order valence-electron chi connectivity index (χ0n) is 13.1. The maximum atomic E-state index is 10.1. The molecule has 0 aromatic carbocycles. The minimum Gasteiger partial charge on any atom is -0.505 e. The molecule has 2 aromatic heterocycles. The van der Waals surface area contributed by atoms with Gasteiger partial charge in [-0.05, 0) is 18.4 Å². The van der Waals surface area contributed by atoms with Crippen molar-refractivity contribution < 1.29 is 15.1 Å². The van der Waals surface area contributed by atoms with Crippen LogP contribution in [0.4, 0.5) is 0 Å². The lowest BCUT2D eigenvalue weighted by molar-refractivity contribution is -0.890. The Kier molecular flexibility index (Phi) is 5.65. The van der Waals surface area contributed by atoms with Crippen molar-refractivity contribution in [2.75, 3.05) is 20.6 Å². The van der Waals surface area contributed by atoms with Crippen LogP contribution in [0.3, 0.4) is 0 Å². The van der Waals surface area contributed by atoms with Crippen LogP contribution < -0.4 is 4.90 Å². The fourth-order valence-corrected chi connectivity index (χ4v) is 3.16. The zero-order valence-corrected chi connectivity index (χ0v) is 13.9. The van der Waals surface area contributed by atoms with Gasteiger partial charge in [0.25, 0.3) is 0 Å². The van der Waals surface area contributed by atoms with E-state index in [1.54, 1.807) is 30.7 Å². The van der Waals surface area contributed by atoms with Crippen molar-refractivity contribution in [1.82, 2.24) is 4.98 Å². The number of likely N-dealkylation sites (N-methyl/N-ethyl adjacent to an activating group) is 1. The molecule has 2 heterocycles. The maximum Gasteiger partial charge on any atom is 0.145 e. The molecule has 22 heavy (non-hydrogen) atoms. The highest BCUT2D eigenvalue weighted by atomic mass is 32.1. The van der Waals surface area contributed by atoms with E-state index in [-0.39, 0.29) is 18.4 Å². The third-order valence-corrected chi connectivity index (χ3v) is 4.61. The fourth-order valence-electron chi connectivity index (χ4n) is 2.22. The normalized spacial score (nSPS) is 13.1. The van der Waals surface area contributed by atoms with E-state index in [4.69, 9.17) is 0 Å². The summed E-state index contributed by atoms with van der Waals surface area (Å²) in [5.41, 5.74) is 1.66. The van der Waals surface area contributed by atoms with Gasteiger partial charge in [0.2, 0.25) is 0 Å². The quantitative estimate of drug-likeness (QED) is 0.694. The first-order valence-electron chi connectivity index (χ1n) is 7.16. The summed E-state index contributed by atoms with van der Waals surface area (Å²) in [6.45, 7) is 2.18. The Bertz CT molecular complexity index is 639. The van der Waals surface area contributed by atoms with Gasteiger partial charge < -0.3 is 15.1 Å². The predicted octanol–water partition coefficient (Wildman–Crippen LogP) is 0.954. The molecule has 1 atom stereocenters. The number of aliphatic hydroxyl groups excluding tert-OH is 1. The number of nitrogens with one attached hydrogen (secondary N) is 1. The van der Waals surface area contributed by atoms with Crippen molar-refractivity contribution >= 4 is 17.6 Å². The lowest BCUT2D eigenvalue weighted by Gasteiger charge is -2.18. The van der Waals surface area contributed by atoms with Crippen LogP contribution in [0.1, 0.15) is 27.7 Å². The van der Waals surface area contributed by atoms with E-state index in [9.17, 15) is 10.2 Å². The molecule has 0 aliphatic rings. The predicted molar refractivity (Wildman–Crippen MR) is 88.9 cm³/mol. The van der Waals surface area contributed by atoms with Gasteiger partial charge in [-0.25, -0.2) is 0 Å². The number of aromatic nitrogens is 1. The van der Waals surface area contributed by atoms with E-state index < -0.39 is 0 Å². The van der Waals surface area contributed by atoms with Crippen LogP contribution in [0.2, 0.25) is 0 Å². The first kappa shape index (κ1) is 16.6. The molecule has 0 fully saturated rings. The third-order valence-electron chi connectivity index (χ3n) is 3.62. The number of pyridine rings is 1. The summed E-state index contributed by atoms with van der Waals surface area (Å²) in [4.78, 5) is 11.1. The first-order valence-corrected chi connectivity index (χ1v) is 8.04. The summed E-state index contributed by atoms with van der Waals surface area (Å²) in [7, 11) is 4.21. The lowest BCUT2D eigenvalue weighted by atomic mass is 10.1. The minimum atomic E-state index is -0.171. The van der Waals surface area contributed by atoms with Gasteiger partial charge in [0, 0.05) is 23.5 Å². The molecule has 6 heteroatoms. The average Bonchev–Trinajstić information content (AvgIpc) is 3.01. The van der Waals surface area contributed by atoms with Gasteiger partial charge in [0.05, 0.1) is 37.8 Å². The number of hydrogen-bond donors (Lipinski definition) is 3. The SMILES string of the molecule is Cc1ncc(CO)c(C=NC[C@H](c2cccs2)[NH+](C)C)c1O.